The molecule has 1 saturated heterocycles. The first-order valence-corrected chi connectivity index (χ1v) is 7.43. The molecule has 1 heterocycles. The van der Waals surface area contributed by atoms with Gasteiger partial charge in [-0.15, -0.1) is 0 Å². The quantitative estimate of drug-likeness (QED) is 0.688. The van der Waals surface area contributed by atoms with Crippen LogP contribution in [0.25, 0.3) is 0 Å². The van der Waals surface area contributed by atoms with Gasteiger partial charge < -0.3 is 10.6 Å². The highest BCUT2D eigenvalue weighted by Gasteiger charge is 2.17. The van der Waals surface area contributed by atoms with Crippen LogP contribution in [0.15, 0.2) is 23.2 Å². The van der Waals surface area contributed by atoms with Gasteiger partial charge in [0.2, 0.25) is 0 Å². The predicted molar refractivity (Wildman–Crippen MR) is 81.6 cm³/mol. The number of rotatable bonds is 3. The topological polar surface area (TPSA) is 41.6 Å². The van der Waals surface area contributed by atoms with Crippen LogP contribution in [0.2, 0.25) is 5.02 Å². The fraction of sp³-hybridized carbons (Fsp3) is 0.533. The van der Waals surface area contributed by atoms with E-state index in [-0.39, 0.29) is 5.82 Å². The molecule has 0 aromatic heterocycles. The summed E-state index contributed by atoms with van der Waals surface area (Å²) in [5.74, 6) is 0.961. The normalized spacial score (nSPS) is 20.2. The minimum atomic E-state index is -0.316. The highest BCUT2D eigenvalue weighted by Crippen LogP contribution is 2.18. The molecule has 1 aliphatic rings. The van der Waals surface area contributed by atoms with Gasteiger partial charge in [-0.3, -0.25) is 4.99 Å². The minimum Gasteiger partial charge on any atom is -0.370 e. The van der Waals surface area contributed by atoms with Crippen LogP contribution in [-0.4, -0.2) is 30.5 Å². The Bertz CT molecular complexity index is 490. The first-order valence-electron chi connectivity index (χ1n) is 7.05. The molecule has 110 valence electrons. The molecule has 3 nitrogen and oxygen atoms in total. The van der Waals surface area contributed by atoms with Crippen LogP contribution in [0.1, 0.15) is 25.3 Å². The number of halogens is 2. The molecule has 1 aromatic rings. The summed E-state index contributed by atoms with van der Waals surface area (Å²) in [5.41, 5.74) is 6.92. The van der Waals surface area contributed by atoms with Crippen molar-refractivity contribution < 1.29 is 4.39 Å². The second-order valence-corrected chi connectivity index (χ2v) is 5.83. The lowest BCUT2D eigenvalue weighted by Crippen LogP contribution is -2.43. The van der Waals surface area contributed by atoms with Gasteiger partial charge in [0.25, 0.3) is 0 Å². The molecule has 0 bridgehead atoms. The number of nitrogens with two attached hydrogens (primary N) is 1. The van der Waals surface area contributed by atoms with Crippen molar-refractivity contribution in [2.45, 2.75) is 26.2 Å². The van der Waals surface area contributed by atoms with E-state index < -0.39 is 0 Å². The fourth-order valence-corrected chi connectivity index (χ4v) is 2.77. The van der Waals surface area contributed by atoms with Gasteiger partial charge in [-0.2, -0.15) is 0 Å². The Morgan fingerprint density at radius 2 is 2.35 bits per heavy atom. The van der Waals surface area contributed by atoms with E-state index in [0.29, 0.717) is 29.9 Å². The molecule has 1 unspecified atom stereocenters. The average molecular weight is 298 g/mol. The van der Waals surface area contributed by atoms with Crippen LogP contribution in [0.3, 0.4) is 0 Å². The molecule has 1 aromatic carbocycles. The van der Waals surface area contributed by atoms with Crippen molar-refractivity contribution in [3.63, 3.8) is 0 Å². The van der Waals surface area contributed by atoms with Crippen molar-refractivity contribution >= 4 is 17.6 Å². The van der Waals surface area contributed by atoms with E-state index in [4.69, 9.17) is 17.3 Å². The lowest BCUT2D eigenvalue weighted by molar-refractivity contribution is 0.270. The summed E-state index contributed by atoms with van der Waals surface area (Å²) in [5, 5.41) is 0.449. The number of guanidine groups is 1. The zero-order valence-corrected chi connectivity index (χ0v) is 12.5. The van der Waals surface area contributed by atoms with Crippen LogP contribution in [0.5, 0.6) is 0 Å². The van der Waals surface area contributed by atoms with Gasteiger partial charge in [-0.25, -0.2) is 4.39 Å². The molecular weight excluding hydrogens is 277 g/mol. The molecule has 2 N–H and O–H groups in total. The fourth-order valence-electron chi connectivity index (χ4n) is 2.51. The second-order valence-electron chi connectivity index (χ2n) is 5.42. The summed E-state index contributed by atoms with van der Waals surface area (Å²) >= 11 is 5.98. The molecule has 1 aliphatic heterocycles. The third-order valence-corrected chi connectivity index (χ3v) is 4.00. The van der Waals surface area contributed by atoms with Gasteiger partial charge in [0.05, 0.1) is 0 Å². The largest absolute Gasteiger partial charge is 0.370 e. The van der Waals surface area contributed by atoms with E-state index in [2.05, 4.69) is 16.8 Å². The van der Waals surface area contributed by atoms with E-state index in [9.17, 15) is 4.39 Å². The Labute approximate surface area is 124 Å². The smallest absolute Gasteiger partial charge is 0.191 e. The zero-order chi connectivity index (χ0) is 14.5. The summed E-state index contributed by atoms with van der Waals surface area (Å²) in [7, 11) is 0. The Morgan fingerprint density at radius 1 is 1.55 bits per heavy atom. The van der Waals surface area contributed by atoms with Crippen molar-refractivity contribution in [2.75, 3.05) is 19.6 Å². The van der Waals surface area contributed by atoms with E-state index in [1.807, 2.05) is 0 Å². The number of benzene rings is 1. The third-order valence-electron chi connectivity index (χ3n) is 3.65. The molecule has 0 radical (unpaired) electrons. The molecule has 20 heavy (non-hydrogen) atoms. The number of nitrogens with zero attached hydrogens (tertiary/aromatic N) is 2. The molecule has 0 amide bonds. The first-order chi connectivity index (χ1) is 9.56. The van der Waals surface area contributed by atoms with E-state index in [0.717, 1.165) is 18.7 Å². The standard InChI is InChI=1S/C15H21ClFN3/c1-11-3-2-8-20(10-11)15(18)19-7-6-12-4-5-13(17)9-14(12)16/h4-5,9,11H,2-3,6-8,10H2,1H3,(H2,18,19). The van der Waals surface area contributed by atoms with Gasteiger partial charge in [-0.05, 0) is 42.9 Å². The van der Waals surface area contributed by atoms with Gasteiger partial charge in [0, 0.05) is 24.7 Å². The van der Waals surface area contributed by atoms with E-state index in [1.54, 1.807) is 6.07 Å². The van der Waals surface area contributed by atoms with E-state index >= 15 is 0 Å². The number of aliphatic imine (C=N–C) groups is 1. The number of piperidine rings is 1. The van der Waals surface area contributed by atoms with Crippen LogP contribution < -0.4 is 5.73 Å². The Hall–Kier alpha value is -1.29. The summed E-state index contributed by atoms with van der Waals surface area (Å²) in [6, 6.07) is 4.45. The van der Waals surface area contributed by atoms with Gasteiger partial charge in [-0.1, -0.05) is 24.6 Å². The zero-order valence-electron chi connectivity index (χ0n) is 11.8. The number of likely N-dealkylation sites (tertiary alicyclic amines) is 1. The third kappa shape index (κ3) is 4.10. The van der Waals surface area contributed by atoms with Crippen molar-refractivity contribution in [2.24, 2.45) is 16.6 Å². The number of hydrogen-bond donors (Lipinski definition) is 1. The molecule has 0 spiro atoms. The predicted octanol–water partition coefficient (Wildman–Crippen LogP) is 3.07. The van der Waals surface area contributed by atoms with E-state index in [1.165, 1.54) is 25.0 Å². The van der Waals surface area contributed by atoms with Crippen molar-refractivity contribution in [3.05, 3.63) is 34.6 Å². The van der Waals surface area contributed by atoms with Crippen LogP contribution in [-0.2, 0) is 6.42 Å². The maximum Gasteiger partial charge on any atom is 0.191 e. The monoisotopic (exact) mass is 297 g/mol. The van der Waals surface area contributed by atoms with Gasteiger partial charge in [0.15, 0.2) is 5.96 Å². The Morgan fingerprint density at radius 3 is 3.05 bits per heavy atom. The summed E-state index contributed by atoms with van der Waals surface area (Å²) in [6.07, 6.45) is 3.10. The maximum atomic E-state index is 12.9. The number of hydrogen-bond acceptors (Lipinski definition) is 1. The molecular formula is C15H21ClFN3. The Balaban J connectivity index is 1.88. The SMILES string of the molecule is CC1CCCN(C(N)=NCCc2ccc(F)cc2Cl)C1. The highest BCUT2D eigenvalue weighted by atomic mass is 35.5. The lowest BCUT2D eigenvalue weighted by Gasteiger charge is -2.31. The summed E-state index contributed by atoms with van der Waals surface area (Å²) in [4.78, 5) is 6.55. The van der Waals surface area contributed by atoms with Gasteiger partial charge in [0.1, 0.15) is 5.82 Å². The molecule has 5 heteroatoms. The minimum absolute atomic E-state index is 0.316. The van der Waals surface area contributed by atoms with Crippen molar-refractivity contribution in [1.82, 2.24) is 4.90 Å². The van der Waals surface area contributed by atoms with Crippen LogP contribution in [0, 0.1) is 11.7 Å². The highest BCUT2D eigenvalue weighted by molar-refractivity contribution is 6.31. The first kappa shape index (κ1) is 15.1. The summed E-state index contributed by atoms with van der Waals surface area (Å²) < 4.78 is 12.9. The molecule has 0 aliphatic carbocycles. The second kappa shape index (κ2) is 6.93. The van der Waals surface area contributed by atoms with Crippen molar-refractivity contribution in [1.29, 1.82) is 0 Å². The molecule has 1 atom stereocenters. The lowest BCUT2D eigenvalue weighted by atomic mass is 10.0. The van der Waals surface area contributed by atoms with Crippen molar-refractivity contribution in [3.8, 4) is 0 Å². The van der Waals surface area contributed by atoms with Crippen LogP contribution in [0.4, 0.5) is 4.39 Å². The Kier molecular flexibility index (Phi) is 5.24. The molecule has 2 rings (SSSR count). The average Bonchev–Trinajstić information content (AvgIpc) is 2.41. The van der Waals surface area contributed by atoms with Gasteiger partial charge >= 0.3 is 0 Å². The van der Waals surface area contributed by atoms with Crippen LogP contribution >= 0.6 is 11.6 Å². The molecule has 1 fully saturated rings. The molecule has 0 saturated carbocycles. The maximum absolute atomic E-state index is 12.9. The summed E-state index contributed by atoms with van der Waals surface area (Å²) in [6.45, 7) is 4.77.